The summed E-state index contributed by atoms with van der Waals surface area (Å²) < 4.78 is 11.9. The lowest BCUT2D eigenvalue weighted by Crippen LogP contribution is -2.42. The second-order valence-electron chi connectivity index (χ2n) is 8.93. The number of nitrogens with zero attached hydrogens (tertiary/aromatic N) is 1. The van der Waals surface area contributed by atoms with E-state index in [4.69, 9.17) is 9.47 Å². The molecule has 2 N–H and O–H groups in total. The number of hydrogen-bond acceptors (Lipinski definition) is 4. The van der Waals surface area contributed by atoms with Gasteiger partial charge in [-0.05, 0) is 50.7 Å². The Hall–Kier alpha value is -2.54. The van der Waals surface area contributed by atoms with Crippen LogP contribution in [0.15, 0.2) is 30.5 Å². The number of rotatable bonds is 7. The fraction of sp³-hybridized carbons (Fsp3) is 0.545. The van der Waals surface area contributed by atoms with Crippen molar-refractivity contribution in [2.24, 2.45) is 0 Å². The van der Waals surface area contributed by atoms with Crippen LogP contribution in [0.1, 0.15) is 53.0 Å². The molecule has 0 bridgehead atoms. The highest BCUT2D eigenvalue weighted by Crippen LogP contribution is 2.35. The SMILES string of the molecule is COCC(CCC(C)(C)c1cn(C(=O)O)c2ccccc12)NC(=O)OC(C)(C)C. The molecule has 0 spiro atoms. The van der Waals surface area contributed by atoms with Crippen LogP contribution >= 0.6 is 0 Å². The average Bonchev–Trinajstić information content (AvgIpc) is 2.99. The molecule has 0 radical (unpaired) electrons. The van der Waals surface area contributed by atoms with E-state index < -0.39 is 17.8 Å². The van der Waals surface area contributed by atoms with Gasteiger partial charge in [-0.25, -0.2) is 9.59 Å². The Morgan fingerprint density at radius 1 is 1.17 bits per heavy atom. The molecule has 1 heterocycles. The van der Waals surface area contributed by atoms with Crippen molar-refractivity contribution in [3.8, 4) is 0 Å². The van der Waals surface area contributed by atoms with Crippen LogP contribution in [0.25, 0.3) is 10.9 Å². The number of carboxylic acid groups (broad SMARTS) is 1. The second kappa shape index (κ2) is 8.86. The van der Waals surface area contributed by atoms with E-state index in [1.807, 2.05) is 39.0 Å². The zero-order chi connectivity index (χ0) is 21.8. The fourth-order valence-electron chi connectivity index (χ4n) is 3.42. The van der Waals surface area contributed by atoms with Gasteiger partial charge in [0.25, 0.3) is 0 Å². The number of ether oxygens (including phenoxy) is 2. The molecule has 0 aliphatic rings. The largest absolute Gasteiger partial charge is 0.464 e. The number of amides is 1. The van der Waals surface area contributed by atoms with Crippen molar-refractivity contribution in [1.29, 1.82) is 0 Å². The highest BCUT2D eigenvalue weighted by atomic mass is 16.6. The van der Waals surface area contributed by atoms with Gasteiger partial charge >= 0.3 is 12.2 Å². The first kappa shape index (κ1) is 22.7. The van der Waals surface area contributed by atoms with Crippen LogP contribution in [-0.4, -0.2) is 47.2 Å². The number of fused-ring (bicyclic) bond motifs is 1. The van der Waals surface area contributed by atoms with Gasteiger partial charge in [-0.2, -0.15) is 0 Å². The summed E-state index contributed by atoms with van der Waals surface area (Å²) in [5, 5.41) is 13.3. The zero-order valence-electron chi connectivity index (χ0n) is 18.1. The van der Waals surface area contributed by atoms with Gasteiger partial charge in [-0.3, -0.25) is 4.57 Å². The molecule has 1 amide bonds. The fourth-order valence-corrected chi connectivity index (χ4v) is 3.42. The molecule has 0 saturated carbocycles. The van der Waals surface area contributed by atoms with E-state index in [0.717, 1.165) is 17.4 Å². The van der Waals surface area contributed by atoms with E-state index in [1.54, 1.807) is 19.4 Å². The predicted octanol–water partition coefficient (Wildman–Crippen LogP) is 4.76. The Kier molecular flexibility index (Phi) is 6.95. The minimum Gasteiger partial charge on any atom is -0.464 e. The lowest BCUT2D eigenvalue weighted by atomic mass is 9.79. The number of para-hydroxylation sites is 1. The molecule has 29 heavy (non-hydrogen) atoms. The van der Waals surface area contributed by atoms with Crippen LogP contribution in [0.4, 0.5) is 9.59 Å². The Morgan fingerprint density at radius 3 is 2.41 bits per heavy atom. The van der Waals surface area contributed by atoms with Crippen molar-refractivity contribution in [3.05, 3.63) is 36.0 Å². The van der Waals surface area contributed by atoms with E-state index in [1.165, 1.54) is 4.57 Å². The number of methoxy groups -OCH3 is 1. The van der Waals surface area contributed by atoms with E-state index in [9.17, 15) is 14.7 Å². The molecule has 160 valence electrons. The number of aromatic nitrogens is 1. The normalized spacial score (nSPS) is 13.3. The number of carbonyl (C=O) groups is 2. The van der Waals surface area contributed by atoms with Gasteiger partial charge in [0.1, 0.15) is 5.60 Å². The molecule has 1 aromatic carbocycles. The molecule has 0 aliphatic carbocycles. The molecule has 7 heteroatoms. The van der Waals surface area contributed by atoms with Crippen LogP contribution in [0, 0.1) is 0 Å². The minimum atomic E-state index is -1.01. The van der Waals surface area contributed by atoms with Crippen LogP contribution in [0.5, 0.6) is 0 Å². The Morgan fingerprint density at radius 2 is 1.83 bits per heavy atom. The van der Waals surface area contributed by atoms with Gasteiger partial charge in [0.05, 0.1) is 18.2 Å². The number of benzene rings is 1. The molecule has 2 rings (SSSR count). The monoisotopic (exact) mass is 404 g/mol. The molecule has 1 unspecified atom stereocenters. The standard InChI is InChI=1S/C22H32N2O5/c1-21(2,3)29-19(25)23-15(14-28-6)11-12-22(4,5)17-13-24(20(26)27)18-10-8-7-9-16(17)18/h7-10,13,15H,11-12,14H2,1-6H3,(H,23,25)(H,26,27). The summed E-state index contributed by atoms with van der Waals surface area (Å²) in [5.41, 5.74) is 0.758. The quantitative estimate of drug-likeness (QED) is 0.694. The molecule has 0 aliphatic heterocycles. The Bertz CT molecular complexity index is 864. The number of nitrogens with one attached hydrogen (secondary N) is 1. The van der Waals surface area contributed by atoms with Crippen LogP contribution in [0.3, 0.4) is 0 Å². The van der Waals surface area contributed by atoms with Crippen LogP contribution in [-0.2, 0) is 14.9 Å². The van der Waals surface area contributed by atoms with E-state index in [2.05, 4.69) is 19.2 Å². The first-order valence-corrected chi connectivity index (χ1v) is 9.77. The molecule has 7 nitrogen and oxygen atoms in total. The first-order chi connectivity index (χ1) is 13.4. The van der Waals surface area contributed by atoms with Crippen molar-refractivity contribution in [1.82, 2.24) is 9.88 Å². The van der Waals surface area contributed by atoms with Gasteiger partial charge in [0.15, 0.2) is 0 Å². The predicted molar refractivity (Wildman–Crippen MR) is 113 cm³/mol. The minimum absolute atomic E-state index is 0.207. The topological polar surface area (TPSA) is 89.8 Å². The third kappa shape index (κ3) is 5.97. The van der Waals surface area contributed by atoms with E-state index >= 15 is 0 Å². The van der Waals surface area contributed by atoms with Crippen molar-refractivity contribution < 1.29 is 24.2 Å². The molecular formula is C22H32N2O5. The highest BCUT2D eigenvalue weighted by molar-refractivity contribution is 5.92. The number of carbonyl (C=O) groups excluding carboxylic acids is 1. The van der Waals surface area contributed by atoms with Crippen LogP contribution < -0.4 is 5.32 Å². The van der Waals surface area contributed by atoms with E-state index in [0.29, 0.717) is 18.5 Å². The van der Waals surface area contributed by atoms with Gasteiger partial charge in [0.2, 0.25) is 0 Å². The summed E-state index contributed by atoms with van der Waals surface area (Å²) >= 11 is 0. The van der Waals surface area contributed by atoms with Gasteiger partial charge in [0, 0.05) is 18.7 Å². The van der Waals surface area contributed by atoms with E-state index in [-0.39, 0.29) is 11.5 Å². The first-order valence-electron chi connectivity index (χ1n) is 9.77. The number of hydrogen-bond donors (Lipinski definition) is 2. The lowest BCUT2D eigenvalue weighted by Gasteiger charge is -2.28. The lowest BCUT2D eigenvalue weighted by molar-refractivity contribution is 0.0460. The Labute approximate surface area is 172 Å². The zero-order valence-corrected chi connectivity index (χ0v) is 18.1. The highest BCUT2D eigenvalue weighted by Gasteiger charge is 2.28. The van der Waals surface area contributed by atoms with Crippen molar-refractivity contribution in [2.75, 3.05) is 13.7 Å². The van der Waals surface area contributed by atoms with Crippen LogP contribution in [0.2, 0.25) is 0 Å². The van der Waals surface area contributed by atoms with Gasteiger partial charge in [-0.1, -0.05) is 32.0 Å². The van der Waals surface area contributed by atoms with Crippen molar-refractivity contribution >= 4 is 23.1 Å². The molecule has 0 saturated heterocycles. The molecular weight excluding hydrogens is 372 g/mol. The third-order valence-electron chi connectivity index (χ3n) is 4.85. The maximum Gasteiger partial charge on any atom is 0.416 e. The van der Waals surface area contributed by atoms with Crippen molar-refractivity contribution in [3.63, 3.8) is 0 Å². The second-order valence-corrected chi connectivity index (χ2v) is 8.93. The van der Waals surface area contributed by atoms with Gasteiger partial charge < -0.3 is 19.9 Å². The Balaban J connectivity index is 2.18. The summed E-state index contributed by atoms with van der Waals surface area (Å²) in [4.78, 5) is 23.8. The smallest absolute Gasteiger partial charge is 0.416 e. The summed E-state index contributed by atoms with van der Waals surface area (Å²) in [5.74, 6) is 0. The maximum absolute atomic E-state index is 12.1. The summed E-state index contributed by atoms with van der Waals surface area (Å²) in [6, 6.07) is 7.28. The molecule has 2 aromatic rings. The van der Waals surface area contributed by atoms with Gasteiger partial charge in [-0.15, -0.1) is 0 Å². The van der Waals surface area contributed by atoms with Crippen molar-refractivity contribution in [2.45, 2.75) is 64.5 Å². The maximum atomic E-state index is 12.1. The average molecular weight is 405 g/mol. The number of alkyl carbamates (subject to hydrolysis) is 1. The molecule has 1 aromatic heterocycles. The summed E-state index contributed by atoms with van der Waals surface area (Å²) in [6.07, 6.45) is 1.60. The molecule has 0 fully saturated rings. The summed E-state index contributed by atoms with van der Waals surface area (Å²) in [6.45, 7) is 9.99. The summed E-state index contributed by atoms with van der Waals surface area (Å²) in [7, 11) is 1.59. The third-order valence-corrected chi connectivity index (χ3v) is 4.85. The molecule has 1 atom stereocenters.